The van der Waals surface area contributed by atoms with Crippen molar-refractivity contribution in [3.63, 3.8) is 0 Å². The fraction of sp³-hybridized carbons (Fsp3) is 0.500. The molecule has 7 heteroatoms. The van der Waals surface area contributed by atoms with Crippen LogP contribution in [0.1, 0.15) is 49.6 Å². The van der Waals surface area contributed by atoms with Gasteiger partial charge in [-0.15, -0.1) is 11.3 Å². The molecule has 1 saturated heterocycles. The fourth-order valence-electron chi connectivity index (χ4n) is 3.74. The molecule has 1 atom stereocenters. The number of piperidine rings is 1. The van der Waals surface area contributed by atoms with Crippen molar-refractivity contribution in [1.82, 2.24) is 9.62 Å². The van der Waals surface area contributed by atoms with Crippen molar-refractivity contribution in [2.75, 3.05) is 13.1 Å². The highest BCUT2D eigenvalue weighted by atomic mass is 32.2. The average molecular weight is 435 g/mol. The Morgan fingerprint density at radius 1 is 1.17 bits per heavy atom. The number of rotatable bonds is 7. The minimum atomic E-state index is -3.46. The summed E-state index contributed by atoms with van der Waals surface area (Å²) in [5, 5.41) is 5.21. The van der Waals surface area contributed by atoms with E-state index in [1.54, 1.807) is 27.8 Å². The van der Waals surface area contributed by atoms with Crippen molar-refractivity contribution in [2.24, 2.45) is 11.8 Å². The van der Waals surface area contributed by atoms with E-state index in [0.717, 1.165) is 5.56 Å². The molecule has 3 rings (SSSR count). The summed E-state index contributed by atoms with van der Waals surface area (Å²) in [5.74, 6) is 0.589. The molecule has 158 valence electrons. The number of carbonyl (C=O) groups excluding carboxylic acids is 1. The summed E-state index contributed by atoms with van der Waals surface area (Å²) >= 11 is 1.66. The number of thiophene rings is 1. The second-order valence-corrected chi connectivity index (χ2v) is 11.1. The zero-order chi connectivity index (χ0) is 21.0. The molecule has 1 fully saturated rings. The van der Waals surface area contributed by atoms with Crippen LogP contribution < -0.4 is 5.32 Å². The van der Waals surface area contributed by atoms with Crippen LogP contribution in [0, 0.1) is 18.8 Å². The highest BCUT2D eigenvalue weighted by Crippen LogP contribution is 2.28. The molecule has 1 amide bonds. The fourth-order valence-corrected chi connectivity index (χ4v) is 6.16. The third kappa shape index (κ3) is 5.47. The number of nitrogens with zero attached hydrogens (tertiary/aromatic N) is 1. The van der Waals surface area contributed by atoms with Gasteiger partial charge in [-0.05, 0) is 55.2 Å². The second-order valence-electron chi connectivity index (χ2n) is 8.17. The van der Waals surface area contributed by atoms with Gasteiger partial charge in [-0.3, -0.25) is 4.79 Å². The molecule has 2 aromatic rings. The van der Waals surface area contributed by atoms with Crippen LogP contribution in [-0.4, -0.2) is 31.7 Å². The average Bonchev–Trinajstić information content (AvgIpc) is 3.21. The van der Waals surface area contributed by atoms with E-state index in [9.17, 15) is 13.2 Å². The number of hydrogen-bond donors (Lipinski definition) is 1. The standard InChI is InChI=1S/C22H30N2O3S2/c1-16(2)22(20-5-4-14-28-20)23-21(25)15-18-10-12-24(13-11-18)29(26,27)19-8-6-17(3)7-9-19/h4-9,14,16,18,22H,10-13,15H2,1-3H3,(H,23,25). The summed E-state index contributed by atoms with van der Waals surface area (Å²) in [6.07, 6.45) is 1.88. The molecular formula is C22H30N2O3S2. The zero-order valence-corrected chi connectivity index (χ0v) is 18.9. The Labute approximate surface area is 178 Å². The Hall–Kier alpha value is -1.70. The number of carbonyl (C=O) groups is 1. The van der Waals surface area contributed by atoms with E-state index in [0.29, 0.717) is 43.2 Å². The summed E-state index contributed by atoms with van der Waals surface area (Å²) in [4.78, 5) is 14.1. The second kappa shape index (κ2) is 9.41. The van der Waals surface area contributed by atoms with Crippen LogP contribution in [0.15, 0.2) is 46.7 Å². The molecule has 29 heavy (non-hydrogen) atoms. The quantitative estimate of drug-likeness (QED) is 0.704. The maximum Gasteiger partial charge on any atom is 0.243 e. The van der Waals surface area contributed by atoms with Crippen LogP contribution in [0.25, 0.3) is 0 Å². The van der Waals surface area contributed by atoms with Crippen LogP contribution in [-0.2, 0) is 14.8 Å². The molecular weight excluding hydrogens is 404 g/mol. The first-order valence-corrected chi connectivity index (χ1v) is 12.5. The number of nitrogens with one attached hydrogen (secondary N) is 1. The highest BCUT2D eigenvalue weighted by molar-refractivity contribution is 7.89. The predicted octanol–water partition coefficient (Wildman–Crippen LogP) is 4.36. The van der Waals surface area contributed by atoms with E-state index in [2.05, 4.69) is 25.2 Å². The van der Waals surface area contributed by atoms with Gasteiger partial charge in [0.25, 0.3) is 0 Å². The summed E-state index contributed by atoms with van der Waals surface area (Å²) in [7, 11) is -3.46. The zero-order valence-electron chi connectivity index (χ0n) is 17.3. The maximum absolute atomic E-state index is 12.8. The van der Waals surface area contributed by atoms with Gasteiger partial charge in [-0.1, -0.05) is 37.6 Å². The van der Waals surface area contributed by atoms with Gasteiger partial charge in [-0.2, -0.15) is 4.31 Å². The minimum absolute atomic E-state index is 0.0319. The number of aryl methyl sites for hydroxylation is 1. The van der Waals surface area contributed by atoms with Crippen LogP contribution in [0.3, 0.4) is 0 Å². The highest BCUT2D eigenvalue weighted by Gasteiger charge is 2.30. The first kappa shape index (κ1) is 22.0. The van der Waals surface area contributed by atoms with Gasteiger partial charge >= 0.3 is 0 Å². The summed E-state index contributed by atoms with van der Waals surface area (Å²) in [5.41, 5.74) is 1.04. The maximum atomic E-state index is 12.8. The van der Waals surface area contributed by atoms with Crippen molar-refractivity contribution >= 4 is 27.3 Å². The molecule has 5 nitrogen and oxygen atoms in total. The Kier molecular flexibility index (Phi) is 7.14. The molecule has 0 aliphatic carbocycles. The van der Waals surface area contributed by atoms with E-state index in [-0.39, 0.29) is 17.9 Å². The normalized spacial score (nSPS) is 17.4. The van der Waals surface area contributed by atoms with Crippen LogP contribution in [0.5, 0.6) is 0 Å². The number of hydrogen-bond acceptors (Lipinski definition) is 4. The monoisotopic (exact) mass is 434 g/mol. The topological polar surface area (TPSA) is 66.5 Å². The third-order valence-corrected chi connectivity index (χ3v) is 8.41. The lowest BCUT2D eigenvalue weighted by Crippen LogP contribution is -2.40. The van der Waals surface area contributed by atoms with Crippen molar-refractivity contribution in [2.45, 2.75) is 51.0 Å². The lowest BCUT2D eigenvalue weighted by Gasteiger charge is -2.31. The summed E-state index contributed by atoms with van der Waals surface area (Å²) < 4.78 is 27.2. The molecule has 1 aliphatic heterocycles. The molecule has 1 aromatic heterocycles. The van der Waals surface area contributed by atoms with E-state index >= 15 is 0 Å². The van der Waals surface area contributed by atoms with Crippen molar-refractivity contribution in [3.05, 3.63) is 52.2 Å². The molecule has 0 spiro atoms. The molecule has 0 bridgehead atoms. The van der Waals surface area contributed by atoms with E-state index in [1.807, 2.05) is 30.5 Å². The van der Waals surface area contributed by atoms with Crippen molar-refractivity contribution < 1.29 is 13.2 Å². The molecule has 1 aliphatic rings. The Morgan fingerprint density at radius 3 is 2.38 bits per heavy atom. The molecule has 0 saturated carbocycles. The summed E-state index contributed by atoms with van der Waals surface area (Å²) in [6, 6.07) is 11.1. The predicted molar refractivity (Wildman–Crippen MR) is 117 cm³/mol. The first-order valence-electron chi connectivity index (χ1n) is 10.2. The molecule has 1 aromatic carbocycles. The van der Waals surface area contributed by atoms with E-state index in [1.165, 1.54) is 4.88 Å². The SMILES string of the molecule is Cc1ccc(S(=O)(=O)N2CCC(CC(=O)NC(c3cccs3)C(C)C)CC2)cc1. The minimum Gasteiger partial charge on any atom is -0.348 e. The number of sulfonamides is 1. The van der Waals surface area contributed by atoms with Gasteiger partial charge < -0.3 is 5.32 Å². The van der Waals surface area contributed by atoms with Gasteiger partial charge in [0.15, 0.2) is 0 Å². The van der Waals surface area contributed by atoms with Crippen LogP contribution in [0.2, 0.25) is 0 Å². The number of benzene rings is 1. The third-order valence-electron chi connectivity index (χ3n) is 5.54. The molecule has 1 N–H and O–H groups in total. The molecule has 2 heterocycles. The largest absolute Gasteiger partial charge is 0.348 e. The first-order chi connectivity index (χ1) is 13.8. The van der Waals surface area contributed by atoms with Crippen LogP contribution >= 0.6 is 11.3 Å². The van der Waals surface area contributed by atoms with Gasteiger partial charge in [0, 0.05) is 24.4 Å². The van der Waals surface area contributed by atoms with Crippen molar-refractivity contribution in [3.8, 4) is 0 Å². The van der Waals surface area contributed by atoms with Gasteiger partial charge in [-0.25, -0.2) is 8.42 Å². The van der Waals surface area contributed by atoms with Crippen molar-refractivity contribution in [1.29, 1.82) is 0 Å². The Bertz CT molecular complexity index is 898. The van der Waals surface area contributed by atoms with Gasteiger partial charge in [0.2, 0.25) is 15.9 Å². The van der Waals surface area contributed by atoms with Gasteiger partial charge in [0.05, 0.1) is 10.9 Å². The van der Waals surface area contributed by atoms with Gasteiger partial charge in [0.1, 0.15) is 0 Å². The lowest BCUT2D eigenvalue weighted by atomic mass is 9.93. The van der Waals surface area contributed by atoms with Crippen LogP contribution in [0.4, 0.5) is 0 Å². The molecule has 1 unspecified atom stereocenters. The van der Waals surface area contributed by atoms with E-state index in [4.69, 9.17) is 0 Å². The molecule has 0 radical (unpaired) electrons. The Balaban J connectivity index is 1.54. The smallest absolute Gasteiger partial charge is 0.243 e. The Morgan fingerprint density at radius 2 is 1.83 bits per heavy atom. The lowest BCUT2D eigenvalue weighted by molar-refractivity contribution is -0.123. The van der Waals surface area contributed by atoms with E-state index < -0.39 is 10.0 Å². The summed E-state index contributed by atoms with van der Waals surface area (Å²) in [6.45, 7) is 7.09. The number of amides is 1.